The molecule has 0 N–H and O–H groups in total. The van der Waals surface area contributed by atoms with E-state index in [0.29, 0.717) is 0 Å². The highest BCUT2D eigenvalue weighted by Gasteiger charge is 2.51. The molecular formula is C44H30O. The van der Waals surface area contributed by atoms with E-state index in [2.05, 4.69) is 159 Å². The maximum Gasteiger partial charge on any atom is 0.140 e. The molecule has 1 nitrogen and oxygen atoms in total. The van der Waals surface area contributed by atoms with Crippen LogP contribution in [0.1, 0.15) is 47.2 Å². The van der Waals surface area contributed by atoms with Gasteiger partial charge in [-0.25, -0.2) is 0 Å². The summed E-state index contributed by atoms with van der Waals surface area (Å²) in [5.41, 5.74) is 15.0. The quantitative estimate of drug-likeness (QED) is 0.189. The van der Waals surface area contributed by atoms with E-state index < -0.39 is 5.41 Å². The van der Waals surface area contributed by atoms with Crippen LogP contribution in [0.2, 0.25) is 0 Å². The third kappa shape index (κ3) is 3.03. The monoisotopic (exact) mass is 574 g/mol. The molecule has 0 fully saturated rings. The summed E-state index contributed by atoms with van der Waals surface area (Å²) in [6, 6.07) is 53.8. The normalized spacial score (nSPS) is 15.4. The van der Waals surface area contributed by atoms with E-state index in [4.69, 9.17) is 4.74 Å². The first kappa shape index (κ1) is 25.0. The smallest absolute Gasteiger partial charge is 0.140 e. The van der Waals surface area contributed by atoms with Crippen molar-refractivity contribution < 1.29 is 4.74 Å². The number of fused-ring (bicyclic) bond motifs is 14. The number of hydrogen-bond donors (Lipinski definition) is 0. The number of ether oxygens (including phenoxy) is 1. The van der Waals surface area contributed by atoms with Gasteiger partial charge >= 0.3 is 0 Å². The summed E-state index contributed by atoms with van der Waals surface area (Å²) in [7, 11) is 0. The molecule has 45 heavy (non-hydrogen) atoms. The van der Waals surface area contributed by atoms with Crippen LogP contribution in [0, 0.1) is 0 Å². The van der Waals surface area contributed by atoms with Gasteiger partial charge < -0.3 is 4.74 Å². The van der Waals surface area contributed by atoms with Crippen LogP contribution in [-0.4, -0.2) is 0 Å². The van der Waals surface area contributed by atoms with Crippen molar-refractivity contribution in [1.29, 1.82) is 0 Å². The Morgan fingerprint density at radius 3 is 1.84 bits per heavy atom. The number of rotatable bonds is 1. The second-order valence-electron chi connectivity index (χ2n) is 13.2. The largest absolute Gasteiger partial charge is 0.456 e. The van der Waals surface area contributed by atoms with Crippen LogP contribution in [0.25, 0.3) is 44.2 Å². The average molecular weight is 575 g/mol. The van der Waals surface area contributed by atoms with Crippen LogP contribution in [0.3, 0.4) is 0 Å². The lowest BCUT2D eigenvalue weighted by molar-refractivity contribution is 0.442. The molecule has 0 aromatic heterocycles. The van der Waals surface area contributed by atoms with Crippen molar-refractivity contribution >= 4 is 10.8 Å². The molecule has 0 amide bonds. The summed E-state index contributed by atoms with van der Waals surface area (Å²) in [6.07, 6.45) is 0. The lowest BCUT2D eigenvalue weighted by Crippen LogP contribution is -2.32. The molecule has 0 bridgehead atoms. The first-order valence-electron chi connectivity index (χ1n) is 15.9. The molecule has 3 aliphatic rings. The van der Waals surface area contributed by atoms with Crippen LogP contribution in [-0.2, 0) is 10.8 Å². The molecule has 7 aromatic carbocycles. The molecule has 0 saturated heterocycles. The fraction of sp³-hybridized carbons (Fsp3) is 0.0909. The molecule has 10 rings (SSSR count). The Morgan fingerprint density at radius 1 is 0.444 bits per heavy atom. The van der Waals surface area contributed by atoms with Crippen LogP contribution >= 0.6 is 0 Å². The number of benzene rings is 7. The predicted octanol–water partition coefficient (Wildman–Crippen LogP) is 11.3. The fourth-order valence-electron chi connectivity index (χ4n) is 8.79. The van der Waals surface area contributed by atoms with Gasteiger partial charge in [-0.2, -0.15) is 0 Å². The van der Waals surface area contributed by atoms with Gasteiger partial charge in [-0.15, -0.1) is 0 Å². The lowest BCUT2D eigenvalue weighted by atomic mass is 9.65. The van der Waals surface area contributed by atoms with Crippen LogP contribution in [0.15, 0.2) is 146 Å². The fourth-order valence-corrected chi connectivity index (χ4v) is 8.79. The number of hydrogen-bond acceptors (Lipinski definition) is 1. The summed E-state index contributed by atoms with van der Waals surface area (Å²) in [5.74, 6) is 1.87. The van der Waals surface area contributed by atoms with E-state index in [1.165, 1.54) is 72.1 Å². The minimum absolute atomic E-state index is 0.0518. The second kappa shape index (κ2) is 8.61. The van der Waals surface area contributed by atoms with Crippen molar-refractivity contribution in [3.63, 3.8) is 0 Å². The maximum atomic E-state index is 6.98. The zero-order valence-corrected chi connectivity index (χ0v) is 25.3. The summed E-state index contributed by atoms with van der Waals surface area (Å²) in [6.45, 7) is 4.70. The van der Waals surface area contributed by atoms with Gasteiger partial charge in [0.2, 0.25) is 0 Å². The Bertz CT molecular complexity index is 2340. The first-order valence-corrected chi connectivity index (χ1v) is 15.9. The Kier molecular flexibility index (Phi) is 4.78. The standard InChI is InChI=1S/C44H30O/c1-43(2)34-18-8-7-16-33(34)41-29(17-11-21-37(41)43)28-23-25-40-39(26-28)44(38-24-22-27-12-3-4-13-30(27)42(38)45-40)35-19-9-5-14-31(35)32-15-6-10-20-36(32)44/h3-26H,1-2H3. The van der Waals surface area contributed by atoms with E-state index in [9.17, 15) is 0 Å². The summed E-state index contributed by atoms with van der Waals surface area (Å²) in [5, 5.41) is 2.33. The molecule has 1 spiro atoms. The highest BCUT2D eigenvalue weighted by Crippen LogP contribution is 2.63. The molecule has 2 aliphatic carbocycles. The average Bonchev–Trinajstić information content (AvgIpc) is 3.51. The Labute approximate surface area is 263 Å². The van der Waals surface area contributed by atoms with Gasteiger partial charge in [0.05, 0.1) is 5.41 Å². The van der Waals surface area contributed by atoms with Crippen molar-refractivity contribution in [2.24, 2.45) is 0 Å². The Hall–Kier alpha value is -5.40. The minimum atomic E-state index is -0.509. The highest BCUT2D eigenvalue weighted by atomic mass is 16.5. The molecule has 1 heterocycles. The highest BCUT2D eigenvalue weighted by molar-refractivity contribution is 5.97. The molecule has 0 saturated carbocycles. The zero-order chi connectivity index (χ0) is 29.9. The van der Waals surface area contributed by atoms with Gasteiger partial charge in [0.1, 0.15) is 11.5 Å². The van der Waals surface area contributed by atoms with Gasteiger partial charge in [-0.05, 0) is 73.2 Å². The molecule has 1 aliphatic heterocycles. The molecule has 7 aromatic rings. The van der Waals surface area contributed by atoms with E-state index in [0.717, 1.165) is 16.9 Å². The third-order valence-corrected chi connectivity index (χ3v) is 10.8. The predicted molar refractivity (Wildman–Crippen MR) is 184 cm³/mol. The topological polar surface area (TPSA) is 9.23 Å². The van der Waals surface area contributed by atoms with Gasteiger partial charge in [0.15, 0.2) is 0 Å². The lowest BCUT2D eigenvalue weighted by Gasteiger charge is -2.40. The molecule has 0 atom stereocenters. The van der Waals surface area contributed by atoms with E-state index in [1.807, 2.05) is 0 Å². The Balaban J connectivity index is 1.31. The summed E-state index contributed by atoms with van der Waals surface area (Å²) < 4.78 is 6.98. The maximum absolute atomic E-state index is 6.98. The van der Waals surface area contributed by atoms with E-state index >= 15 is 0 Å². The summed E-state index contributed by atoms with van der Waals surface area (Å²) >= 11 is 0. The van der Waals surface area contributed by atoms with Crippen molar-refractivity contribution in [3.8, 4) is 44.9 Å². The van der Waals surface area contributed by atoms with Crippen LogP contribution in [0.4, 0.5) is 0 Å². The van der Waals surface area contributed by atoms with Crippen molar-refractivity contribution in [1.82, 2.24) is 0 Å². The third-order valence-electron chi connectivity index (χ3n) is 10.8. The van der Waals surface area contributed by atoms with Gasteiger partial charge in [-0.1, -0.05) is 147 Å². The van der Waals surface area contributed by atoms with E-state index in [-0.39, 0.29) is 5.41 Å². The van der Waals surface area contributed by atoms with Gasteiger partial charge in [0.25, 0.3) is 0 Å². The van der Waals surface area contributed by atoms with Crippen LogP contribution < -0.4 is 4.74 Å². The molecule has 0 unspecified atom stereocenters. The van der Waals surface area contributed by atoms with Gasteiger partial charge in [-0.3, -0.25) is 0 Å². The zero-order valence-electron chi connectivity index (χ0n) is 25.3. The first-order chi connectivity index (χ1) is 22.1. The molecule has 0 radical (unpaired) electrons. The minimum Gasteiger partial charge on any atom is -0.456 e. The van der Waals surface area contributed by atoms with Gasteiger partial charge in [0, 0.05) is 21.9 Å². The van der Waals surface area contributed by atoms with Crippen molar-refractivity contribution in [2.75, 3.05) is 0 Å². The van der Waals surface area contributed by atoms with Crippen molar-refractivity contribution in [3.05, 3.63) is 179 Å². The Morgan fingerprint density at radius 2 is 1.07 bits per heavy atom. The van der Waals surface area contributed by atoms with Crippen LogP contribution in [0.5, 0.6) is 11.5 Å². The van der Waals surface area contributed by atoms with Crippen molar-refractivity contribution in [2.45, 2.75) is 24.7 Å². The molecule has 1 heteroatoms. The molecule has 212 valence electrons. The SMILES string of the molecule is CC1(C)c2ccccc2-c2c(-c3ccc4c(c3)C3(c5ccccc5-c5ccccc53)c3ccc5ccccc5c3O4)cccc21. The van der Waals surface area contributed by atoms with E-state index in [1.54, 1.807) is 0 Å². The summed E-state index contributed by atoms with van der Waals surface area (Å²) in [4.78, 5) is 0. The second-order valence-corrected chi connectivity index (χ2v) is 13.2. The molecular weight excluding hydrogens is 544 g/mol.